The van der Waals surface area contributed by atoms with E-state index in [4.69, 9.17) is 4.74 Å². The molecule has 1 N–H and O–H groups in total. The lowest BCUT2D eigenvalue weighted by Crippen LogP contribution is -2.29. The van der Waals surface area contributed by atoms with Crippen molar-refractivity contribution in [2.75, 3.05) is 24.7 Å². The van der Waals surface area contributed by atoms with Crippen molar-refractivity contribution in [1.82, 2.24) is 4.90 Å². The van der Waals surface area contributed by atoms with E-state index in [9.17, 15) is 18.0 Å². The van der Waals surface area contributed by atoms with Gasteiger partial charge in [0.05, 0.1) is 17.1 Å². The monoisotopic (exact) mass is 534 g/mol. The van der Waals surface area contributed by atoms with E-state index in [1.54, 1.807) is 6.92 Å². The molecular weight excluding hydrogens is 508 g/mol. The van der Waals surface area contributed by atoms with Crippen LogP contribution in [0.15, 0.2) is 59.5 Å². The van der Waals surface area contributed by atoms with Gasteiger partial charge in [-0.15, -0.1) is 23.7 Å². The molecule has 0 saturated carbocycles. The van der Waals surface area contributed by atoms with Crippen LogP contribution >= 0.6 is 23.7 Å². The van der Waals surface area contributed by atoms with Crippen molar-refractivity contribution in [1.29, 1.82) is 0 Å². The summed E-state index contributed by atoms with van der Waals surface area (Å²) in [4.78, 5) is 29.2. The van der Waals surface area contributed by atoms with E-state index in [1.807, 2.05) is 18.2 Å². The number of sulfone groups is 1. The second-order valence-electron chi connectivity index (χ2n) is 8.13. The lowest BCUT2D eigenvalue weighted by Gasteiger charge is -2.27. The Hall–Kier alpha value is -2.72. The molecule has 186 valence electrons. The van der Waals surface area contributed by atoms with Crippen molar-refractivity contribution < 1.29 is 22.7 Å². The molecule has 10 heteroatoms. The van der Waals surface area contributed by atoms with Crippen LogP contribution in [0.2, 0.25) is 0 Å². The van der Waals surface area contributed by atoms with Crippen LogP contribution in [0.3, 0.4) is 0 Å². The third kappa shape index (κ3) is 6.29. The molecule has 3 aromatic rings. The van der Waals surface area contributed by atoms with Crippen molar-refractivity contribution in [2.24, 2.45) is 0 Å². The predicted octanol–water partition coefficient (Wildman–Crippen LogP) is 4.56. The molecule has 1 aliphatic rings. The fraction of sp³-hybridized carbons (Fsp3) is 0.280. The Morgan fingerprint density at radius 2 is 1.77 bits per heavy atom. The number of amides is 1. The number of halogens is 1. The summed E-state index contributed by atoms with van der Waals surface area (Å²) in [6.45, 7) is 4.27. The summed E-state index contributed by atoms with van der Waals surface area (Å²) in [6, 6.07) is 15.9. The number of hydrogen-bond acceptors (Lipinski definition) is 7. The summed E-state index contributed by atoms with van der Waals surface area (Å²) in [7, 11) is -3.35. The topological polar surface area (TPSA) is 92.8 Å². The Morgan fingerprint density at radius 3 is 2.40 bits per heavy atom. The van der Waals surface area contributed by atoms with Crippen LogP contribution in [0.5, 0.6) is 0 Å². The van der Waals surface area contributed by atoms with E-state index in [2.05, 4.69) is 22.3 Å². The Morgan fingerprint density at radius 1 is 1.09 bits per heavy atom. The Labute approximate surface area is 215 Å². The van der Waals surface area contributed by atoms with Crippen LogP contribution in [-0.2, 0) is 34.1 Å². The molecule has 0 bridgehead atoms. The molecule has 0 unspecified atom stereocenters. The summed E-state index contributed by atoms with van der Waals surface area (Å²) >= 11 is 1.39. The molecule has 35 heavy (non-hydrogen) atoms. The molecule has 0 atom stereocenters. The fourth-order valence-electron chi connectivity index (χ4n) is 3.97. The third-order valence-corrected chi connectivity index (χ3v) is 7.90. The highest BCUT2D eigenvalue weighted by Gasteiger charge is 2.29. The van der Waals surface area contributed by atoms with E-state index in [-0.39, 0.29) is 23.9 Å². The summed E-state index contributed by atoms with van der Waals surface area (Å²) in [5.41, 5.74) is 2.87. The van der Waals surface area contributed by atoms with Gasteiger partial charge in [-0.25, -0.2) is 13.2 Å². The van der Waals surface area contributed by atoms with Gasteiger partial charge in [-0.3, -0.25) is 9.69 Å². The summed E-state index contributed by atoms with van der Waals surface area (Å²) in [5.74, 6) is -0.857. The maximum Gasteiger partial charge on any atom is 0.341 e. The second-order valence-corrected chi connectivity index (χ2v) is 11.2. The lowest BCUT2D eigenvalue weighted by molar-refractivity contribution is 0.0526. The second kappa shape index (κ2) is 11.3. The van der Waals surface area contributed by atoms with Gasteiger partial charge in [0, 0.05) is 36.3 Å². The minimum absolute atomic E-state index is 0. The molecule has 7 nitrogen and oxygen atoms in total. The Kier molecular flexibility index (Phi) is 8.71. The lowest BCUT2D eigenvalue weighted by atomic mass is 10.0. The van der Waals surface area contributed by atoms with Gasteiger partial charge in [0.2, 0.25) is 0 Å². The molecule has 0 saturated heterocycles. The van der Waals surface area contributed by atoms with Crippen LogP contribution in [0, 0.1) is 0 Å². The van der Waals surface area contributed by atoms with Gasteiger partial charge in [-0.2, -0.15) is 0 Å². The normalized spacial score (nSPS) is 13.4. The standard InChI is InChI=1S/C25H26N2O5S2.ClH/c1-3-32-25(29)22-20-13-14-27(15-17-7-5-4-6-8-17)16-21(20)33-24(22)26-23(28)18-9-11-19(12-10-18)34(2,30)31;/h4-12H,3,13-16H2,1-2H3,(H,26,28);1H. The molecule has 2 aromatic carbocycles. The van der Waals surface area contributed by atoms with E-state index in [1.165, 1.54) is 41.2 Å². The molecular formula is C25H27ClN2O5S2. The number of carbonyl (C=O) groups is 2. The molecule has 1 aliphatic heterocycles. The van der Waals surface area contributed by atoms with Crippen molar-refractivity contribution >= 4 is 50.5 Å². The van der Waals surface area contributed by atoms with Gasteiger partial charge in [0.25, 0.3) is 5.91 Å². The predicted molar refractivity (Wildman–Crippen MR) is 139 cm³/mol. The first-order chi connectivity index (χ1) is 16.3. The largest absolute Gasteiger partial charge is 0.462 e. The Balaban J connectivity index is 0.00000342. The molecule has 0 radical (unpaired) electrons. The van der Waals surface area contributed by atoms with Crippen molar-refractivity contribution in [3.63, 3.8) is 0 Å². The van der Waals surface area contributed by atoms with E-state index in [0.29, 0.717) is 29.1 Å². The number of benzene rings is 2. The number of thiophene rings is 1. The number of hydrogen-bond donors (Lipinski definition) is 1. The first-order valence-electron chi connectivity index (χ1n) is 11.0. The van der Waals surface area contributed by atoms with Crippen molar-refractivity contribution in [2.45, 2.75) is 31.3 Å². The average Bonchev–Trinajstić information content (AvgIpc) is 3.16. The van der Waals surface area contributed by atoms with Crippen LogP contribution in [0.25, 0.3) is 0 Å². The molecule has 0 spiro atoms. The Bertz CT molecular complexity index is 1310. The molecule has 0 fully saturated rings. The summed E-state index contributed by atoms with van der Waals surface area (Å²) < 4.78 is 28.7. The smallest absolute Gasteiger partial charge is 0.341 e. The number of esters is 1. The zero-order valence-electron chi connectivity index (χ0n) is 19.4. The zero-order chi connectivity index (χ0) is 24.3. The highest BCUT2D eigenvalue weighted by atomic mass is 35.5. The minimum atomic E-state index is -3.35. The number of nitrogens with zero attached hydrogens (tertiary/aromatic N) is 1. The number of anilines is 1. The highest BCUT2D eigenvalue weighted by molar-refractivity contribution is 7.90. The van der Waals surface area contributed by atoms with Crippen molar-refractivity contribution in [3.8, 4) is 0 Å². The number of rotatable bonds is 7. The van der Waals surface area contributed by atoms with Gasteiger partial charge in [-0.05, 0) is 48.7 Å². The van der Waals surface area contributed by atoms with Gasteiger partial charge in [0.1, 0.15) is 5.00 Å². The SMILES string of the molecule is CCOC(=O)c1c(NC(=O)c2ccc(S(C)(=O)=O)cc2)sc2c1CCN(Cc1ccccc1)C2.Cl. The molecule has 1 aromatic heterocycles. The molecule has 0 aliphatic carbocycles. The molecule has 2 heterocycles. The highest BCUT2D eigenvalue weighted by Crippen LogP contribution is 2.38. The van der Waals surface area contributed by atoms with Crippen LogP contribution in [0.4, 0.5) is 5.00 Å². The van der Waals surface area contributed by atoms with Gasteiger partial charge >= 0.3 is 5.97 Å². The number of ether oxygens (including phenoxy) is 1. The van der Waals surface area contributed by atoms with E-state index >= 15 is 0 Å². The molecule has 4 rings (SSSR count). The first kappa shape index (κ1) is 26.9. The van der Waals surface area contributed by atoms with E-state index in [0.717, 1.165) is 29.8 Å². The maximum absolute atomic E-state index is 12.9. The minimum Gasteiger partial charge on any atom is -0.462 e. The van der Waals surface area contributed by atoms with Crippen molar-refractivity contribution in [3.05, 3.63) is 81.7 Å². The van der Waals surface area contributed by atoms with Gasteiger partial charge in [0.15, 0.2) is 9.84 Å². The van der Waals surface area contributed by atoms with Gasteiger partial charge in [-0.1, -0.05) is 30.3 Å². The summed E-state index contributed by atoms with van der Waals surface area (Å²) in [5, 5.41) is 3.32. The fourth-order valence-corrected chi connectivity index (χ4v) is 5.87. The number of nitrogens with one attached hydrogen (secondary N) is 1. The first-order valence-corrected chi connectivity index (χ1v) is 13.7. The number of carbonyl (C=O) groups excluding carboxylic acids is 2. The van der Waals surface area contributed by atoms with Crippen LogP contribution < -0.4 is 5.32 Å². The summed E-state index contributed by atoms with van der Waals surface area (Å²) in [6.07, 6.45) is 1.80. The zero-order valence-corrected chi connectivity index (χ0v) is 21.9. The average molecular weight is 535 g/mol. The van der Waals surface area contributed by atoms with Crippen LogP contribution in [-0.4, -0.2) is 44.6 Å². The number of fused-ring (bicyclic) bond motifs is 1. The third-order valence-electron chi connectivity index (χ3n) is 5.64. The molecule has 1 amide bonds. The van der Waals surface area contributed by atoms with E-state index < -0.39 is 21.7 Å². The quantitative estimate of drug-likeness (QED) is 0.447. The van der Waals surface area contributed by atoms with Crippen LogP contribution in [0.1, 0.15) is 43.6 Å². The van der Waals surface area contributed by atoms with Gasteiger partial charge < -0.3 is 10.1 Å². The maximum atomic E-state index is 12.9.